The molecule has 0 fully saturated rings. The molecule has 3 aromatic heterocycles. The first-order valence-corrected chi connectivity index (χ1v) is 10.1. The van der Waals surface area contributed by atoms with Gasteiger partial charge in [0.25, 0.3) is 11.1 Å². The van der Waals surface area contributed by atoms with E-state index in [2.05, 4.69) is 6.92 Å². The third-order valence-corrected chi connectivity index (χ3v) is 5.82. The first kappa shape index (κ1) is 19.0. The molecule has 7 heteroatoms. The monoisotopic (exact) mass is 412 g/mol. The molecule has 7 nitrogen and oxygen atoms in total. The molecule has 31 heavy (non-hydrogen) atoms. The summed E-state index contributed by atoms with van der Waals surface area (Å²) in [6.45, 7) is 2.07. The highest BCUT2D eigenvalue weighted by Crippen LogP contribution is 2.24. The van der Waals surface area contributed by atoms with Gasteiger partial charge in [0.05, 0.1) is 22.1 Å². The van der Waals surface area contributed by atoms with E-state index in [1.165, 1.54) is 16.2 Å². The number of rotatable bonds is 2. The topological polar surface area (TPSA) is 78.9 Å². The fraction of sp³-hybridized carbons (Fsp3) is 0.167. The SMILES string of the molecule is CCc1ccc2nc3c(cc2c1)c(=O)n(-c1ccccc1)c1c3c(=O)n(C)c(=O)n1C. The molecule has 5 rings (SSSR count). The number of pyridine rings is 2. The van der Waals surface area contributed by atoms with Gasteiger partial charge in [0.15, 0.2) is 0 Å². The zero-order valence-electron chi connectivity index (χ0n) is 17.4. The van der Waals surface area contributed by atoms with Crippen molar-refractivity contribution >= 4 is 32.8 Å². The van der Waals surface area contributed by atoms with Gasteiger partial charge in [0.1, 0.15) is 11.0 Å². The molecule has 0 aliphatic rings. The summed E-state index contributed by atoms with van der Waals surface area (Å²) in [5.41, 5.74) is 1.63. The maximum absolute atomic E-state index is 13.7. The average Bonchev–Trinajstić information content (AvgIpc) is 2.80. The maximum Gasteiger partial charge on any atom is 0.332 e. The van der Waals surface area contributed by atoms with Crippen LogP contribution in [0.15, 0.2) is 69.0 Å². The molecule has 2 aromatic carbocycles. The summed E-state index contributed by atoms with van der Waals surface area (Å²) in [6.07, 6.45) is 0.864. The molecular formula is C24H20N4O3. The van der Waals surface area contributed by atoms with Gasteiger partial charge >= 0.3 is 5.69 Å². The van der Waals surface area contributed by atoms with Crippen LogP contribution in [0.2, 0.25) is 0 Å². The Morgan fingerprint density at radius 2 is 1.61 bits per heavy atom. The van der Waals surface area contributed by atoms with Crippen LogP contribution in [0.1, 0.15) is 12.5 Å². The predicted molar refractivity (Wildman–Crippen MR) is 122 cm³/mol. The lowest BCUT2D eigenvalue weighted by Crippen LogP contribution is -2.39. The summed E-state index contributed by atoms with van der Waals surface area (Å²) < 4.78 is 3.81. The summed E-state index contributed by atoms with van der Waals surface area (Å²) in [4.78, 5) is 44.4. The molecule has 0 spiro atoms. The van der Waals surface area contributed by atoms with Crippen LogP contribution >= 0.6 is 0 Å². The summed E-state index contributed by atoms with van der Waals surface area (Å²) >= 11 is 0. The van der Waals surface area contributed by atoms with E-state index in [1.807, 2.05) is 36.4 Å². The molecule has 0 aliphatic heterocycles. The predicted octanol–water partition coefficient (Wildman–Crippen LogP) is 2.65. The number of para-hydroxylation sites is 1. The minimum atomic E-state index is -0.505. The molecule has 0 saturated carbocycles. The fourth-order valence-electron chi connectivity index (χ4n) is 4.14. The Morgan fingerprint density at radius 3 is 2.32 bits per heavy atom. The number of aromatic nitrogens is 4. The van der Waals surface area contributed by atoms with E-state index in [9.17, 15) is 14.4 Å². The molecule has 0 saturated heterocycles. The molecule has 0 bridgehead atoms. The van der Waals surface area contributed by atoms with E-state index < -0.39 is 11.2 Å². The first-order chi connectivity index (χ1) is 14.9. The van der Waals surface area contributed by atoms with E-state index in [1.54, 1.807) is 25.2 Å². The van der Waals surface area contributed by atoms with Crippen molar-refractivity contribution in [3.05, 3.63) is 91.4 Å². The van der Waals surface area contributed by atoms with Crippen LogP contribution in [-0.2, 0) is 20.5 Å². The lowest BCUT2D eigenvalue weighted by molar-refractivity contribution is 0.700. The Hall–Kier alpha value is -4.00. The van der Waals surface area contributed by atoms with Crippen molar-refractivity contribution in [3.63, 3.8) is 0 Å². The average molecular weight is 412 g/mol. The van der Waals surface area contributed by atoms with Gasteiger partial charge in [-0.3, -0.25) is 23.3 Å². The van der Waals surface area contributed by atoms with Crippen LogP contribution in [0.25, 0.3) is 38.5 Å². The normalized spacial score (nSPS) is 11.6. The molecule has 5 aromatic rings. The number of hydrogen-bond donors (Lipinski definition) is 0. The largest absolute Gasteiger partial charge is 0.332 e. The van der Waals surface area contributed by atoms with Crippen molar-refractivity contribution in [2.75, 3.05) is 0 Å². The van der Waals surface area contributed by atoms with Crippen LogP contribution in [0.5, 0.6) is 0 Å². The zero-order valence-corrected chi connectivity index (χ0v) is 17.4. The van der Waals surface area contributed by atoms with Crippen molar-refractivity contribution in [2.45, 2.75) is 13.3 Å². The van der Waals surface area contributed by atoms with Gasteiger partial charge < -0.3 is 0 Å². The molecular weight excluding hydrogens is 392 g/mol. The summed E-state index contributed by atoms with van der Waals surface area (Å²) in [5.74, 6) is 0. The Kier molecular flexibility index (Phi) is 4.15. The fourth-order valence-corrected chi connectivity index (χ4v) is 4.14. The second-order valence-electron chi connectivity index (χ2n) is 7.65. The Balaban J connectivity index is 2.13. The number of aryl methyl sites for hydroxylation is 2. The molecule has 0 aliphatic carbocycles. The number of fused-ring (bicyclic) bond motifs is 4. The third kappa shape index (κ3) is 2.66. The number of benzene rings is 2. The smallest absolute Gasteiger partial charge is 0.281 e. The van der Waals surface area contributed by atoms with Crippen LogP contribution in [-0.4, -0.2) is 18.7 Å². The van der Waals surface area contributed by atoms with Gasteiger partial charge in [-0.05, 0) is 42.3 Å². The molecule has 154 valence electrons. The van der Waals surface area contributed by atoms with Crippen molar-refractivity contribution in [3.8, 4) is 5.69 Å². The van der Waals surface area contributed by atoms with Gasteiger partial charge in [-0.25, -0.2) is 9.78 Å². The van der Waals surface area contributed by atoms with Crippen molar-refractivity contribution < 1.29 is 0 Å². The summed E-state index contributed by atoms with van der Waals surface area (Å²) in [5, 5.41) is 1.42. The van der Waals surface area contributed by atoms with Crippen molar-refractivity contribution in [1.29, 1.82) is 0 Å². The first-order valence-electron chi connectivity index (χ1n) is 10.1. The molecule has 0 amide bonds. The zero-order chi connectivity index (χ0) is 21.9. The van der Waals surface area contributed by atoms with Crippen LogP contribution in [0.4, 0.5) is 0 Å². The maximum atomic E-state index is 13.7. The van der Waals surface area contributed by atoms with Crippen molar-refractivity contribution in [1.82, 2.24) is 18.7 Å². The molecule has 0 unspecified atom stereocenters. The minimum Gasteiger partial charge on any atom is -0.281 e. The second kappa shape index (κ2) is 6.77. The molecule has 3 heterocycles. The van der Waals surface area contributed by atoms with Crippen molar-refractivity contribution in [2.24, 2.45) is 14.1 Å². The Morgan fingerprint density at radius 1 is 0.871 bits per heavy atom. The Bertz CT molecular complexity index is 1690. The summed E-state index contributed by atoms with van der Waals surface area (Å²) in [7, 11) is 2.99. The highest BCUT2D eigenvalue weighted by atomic mass is 16.2. The minimum absolute atomic E-state index is 0.230. The molecule has 0 radical (unpaired) electrons. The van der Waals surface area contributed by atoms with Gasteiger partial charge in [-0.2, -0.15) is 0 Å². The number of hydrogen-bond acceptors (Lipinski definition) is 4. The van der Waals surface area contributed by atoms with Gasteiger partial charge in [-0.1, -0.05) is 31.2 Å². The Labute approximate surface area is 176 Å². The third-order valence-electron chi connectivity index (χ3n) is 5.82. The van der Waals surface area contributed by atoms with E-state index in [0.29, 0.717) is 22.1 Å². The van der Waals surface area contributed by atoms with E-state index in [-0.39, 0.29) is 16.6 Å². The van der Waals surface area contributed by atoms with Gasteiger partial charge in [0.2, 0.25) is 0 Å². The van der Waals surface area contributed by atoms with Gasteiger partial charge in [-0.15, -0.1) is 0 Å². The summed E-state index contributed by atoms with van der Waals surface area (Å²) in [6, 6.07) is 16.7. The van der Waals surface area contributed by atoms with Gasteiger partial charge in [0, 0.05) is 19.5 Å². The van der Waals surface area contributed by atoms with Crippen LogP contribution in [0.3, 0.4) is 0 Å². The molecule has 0 N–H and O–H groups in total. The number of nitrogens with zero attached hydrogens (tertiary/aromatic N) is 4. The van der Waals surface area contributed by atoms with E-state index >= 15 is 0 Å². The van der Waals surface area contributed by atoms with Crippen LogP contribution in [0, 0.1) is 0 Å². The van der Waals surface area contributed by atoms with E-state index in [0.717, 1.165) is 21.9 Å². The van der Waals surface area contributed by atoms with E-state index in [4.69, 9.17) is 4.98 Å². The standard InChI is InChI=1S/C24H20N4O3/c1-4-14-10-11-18-15(12-14)13-17-20(25-18)19-21(26(2)24(31)27(3)23(19)30)28(22(17)29)16-8-6-5-7-9-16/h5-13H,4H2,1-3H3. The lowest BCUT2D eigenvalue weighted by atomic mass is 10.1. The highest BCUT2D eigenvalue weighted by Gasteiger charge is 2.21. The highest BCUT2D eigenvalue weighted by molar-refractivity contribution is 6.06. The quantitative estimate of drug-likeness (QED) is 0.330. The van der Waals surface area contributed by atoms with Crippen LogP contribution < -0.4 is 16.8 Å². The molecule has 0 atom stereocenters. The lowest BCUT2D eigenvalue weighted by Gasteiger charge is -2.16. The second-order valence-corrected chi connectivity index (χ2v) is 7.65.